The molecular formula is C14H23FN2O. The average molecular weight is 254 g/mol. The third-order valence-electron chi connectivity index (χ3n) is 2.61. The van der Waals surface area contributed by atoms with Gasteiger partial charge in [0.1, 0.15) is 0 Å². The number of nitrogens with one attached hydrogen (secondary N) is 1. The third-order valence-corrected chi connectivity index (χ3v) is 2.61. The van der Waals surface area contributed by atoms with Gasteiger partial charge in [-0.2, -0.15) is 0 Å². The van der Waals surface area contributed by atoms with Crippen LogP contribution in [0.3, 0.4) is 0 Å². The number of nitrogens with zero attached hydrogens (tertiary/aromatic N) is 1. The van der Waals surface area contributed by atoms with Crippen molar-refractivity contribution in [3.63, 3.8) is 0 Å². The van der Waals surface area contributed by atoms with Crippen molar-refractivity contribution in [2.24, 2.45) is 5.92 Å². The molecule has 0 unspecified atom stereocenters. The molecule has 1 heterocycles. The van der Waals surface area contributed by atoms with Gasteiger partial charge in [-0.25, -0.2) is 9.37 Å². The van der Waals surface area contributed by atoms with E-state index in [1.165, 1.54) is 0 Å². The van der Waals surface area contributed by atoms with Gasteiger partial charge >= 0.3 is 0 Å². The number of hydrogen-bond acceptors (Lipinski definition) is 3. The molecule has 0 saturated carbocycles. The number of hydrogen-bond donors (Lipinski definition) is 1. The van der Waals surface area contributed by atoms with E-state index in [-0.39, 0.29) is 11.7 Å². The first-order valence-corrected chi connectivity index (χ1v) is 6.62. The SMILES string of the molecule is CCCNCc1ccnc(OCCC(C)C)c1F. The van der Waals surface area contributed by atoms with Crippen LogP contribution in [0.15, 0.2) is 12.3 Å². The van der Waals surface area contributed by atoms with Crippen molar-refractivity contribution in [1.29, 1.82) is 0 Å². The van der Waals surface area contributed by atoms with Gasteiger partial charge in [0.25, 0.3) is 5.88 Å². The summed E-state index contributed by atoms with van der Waals surface area (Å²) in [6.45, 7) is 8.20. The van der Waals surface area contributed by atoms with Gasteiger partial charge in [0.15, 0.2) is 5.82 Å². The summed E-state index contributed by atoms with van der Waals surface area (Å²) in [7, 11) is 0. The summed E-state index contributed by atoms with van der Waals surface area (Å²) in [5.74, 6) is 0.318. The van der Waals surface area contributed by atoms with Crippen molar-refractivity contribution >= 4 is 0 Å². The second-order valence-electron chi connectivity index (χ2n) is 4.80. The summed E-state index contributed by atoms with van der Waals surface area (Å²) in [6, 6.07) is 1.69. The second kappa shape index (κ2) is 8.03. The van der Waals surface area contributed by atoms with Crippen molar-refractivity contribution in [1.82, 2.24) is 10.3 Å². The van der Waals surface area contributed by atoms with E-state index >= 15 is 0 Å². The Morgan fingerprint density at radius 3 is 2.89 bits per heavy atom. The van der Waals surface area contributed by atoms with Crippen molar-refractivity contribution in [3.8, 4) is 5.88 Å². The maximum atomic E-state index is 14.0. The van der Waals surface area contributed by atoms with Gasteiger partial charge in [-0.3, -0.25) is 0 Å². The van der Waals surface area contributed by atoms with Gasteiger partial charge in [-0.15, -0.1) is 0 Å². The van der Waals surface area contributed by atoms with Gasteiger partial charge < -0.3 is 10.1 Å². The van der Waals surface area contributed by atoms with Crippen LogP contribution in [-0.4, -0.2) is 18.1 Å². The van der Waals surface area contributed by atoms with Crippen LogP contribution in [0.4, 0.5) is 4.39 Å². The Morgan fingerprint density at radius 1 is 1.44 bits per heavy atom. The van der Waals surface area contributed by atoms with Crippen LogP contribution >= 0.6 is 0 Å². The first kappa shape index (κ1) is 14.9. The molecule has 0 atom stereocenters. The lowest BCUT2D eigenvalue weighted by Gasteiger charge is -2.10. The topological polar surface area (TPSA) is 34.2 Å². The molecule has 0 bridgehead atoms. The summed E-state index contributed by atoms with van der Waals surface area (Å²) in [4.78, 5) is 3.94. The fraction of sp³-hybridized carbons (Fsp3) is 0.643. The second-order valence-corrected chi connectivity index (χ2v) is 4.80. The highest BCUT2D eigenvalue weighted by Gasteiger charge is 2.10. The Balaban J connectivity index is 2.55. The fourth-order valence-corrected chi connectivity index (χ4v) is 1.49. The van der Waals surface area contributed by atoms with Crippen molar-refractivity contribution in [2.45, 2.75) is 40.2 Å². The van der Waals surface area contributed by atoms with Gasteiger partial charge in [0.05, 0.1) is 6.61 Å². The van der Waals surface area contributed by atoms with Crippen LogP contribution in [0.2, 0.25) is 0 Å². The Labute approximate surface area is 109 Å². The minimum Gasteiger partial charge on any atom is -0.476 e. The zero-order chi connectivity index (χ0) is 13.4. The highest BCUT2D eigenvalue weighted by molar-refractivity contribution is 5.23. The lowest BCUT2D eigenvalue weighted by atomic mass is 10.1. The monoisotopic (exact) mass is 254 g/mol. The highest BCUT2D eigenvalue weighted by Crippen LogP contribution is 2.17. The maximum Gasteiger partial charge on any atom is 0.250 e. The van der Waals surface area contributed by atoms with Gasteiger partial charge in [0, 0.05) is 18.3 Å². The first-order valence-electron chi connectivity index (χ1n) is 6.62. The third kappa shape index (κ3) is 5.00. The van der Waals surface area contributed by atoms with Crippen LogP contribution in [0.1, 0.15) is 39.2 Å². The Bertz CT molecular complexity index is 356. The molecule has 1 N–H and O–H groups in total. The van der Waals surface area contributed by atoms with Crippen LogP contribution < -0.4 is 10.1 Å². The van der Waals surface area contributed by atoms with E-state index < -0.39 is 0 Å². The van der Waals surface area contributed by atoms with Gasteiger partial charge in [-0.05, 0) is 31.4 Å². The first-order chi connectivity index (χ1) is 8.65. The van der Waals surface area contributed by atoms with Crippen LogP contribution in [0.25, 0.3) is 0 Å². The van der Waals surface area contributed by atoms with E-state index in [0.717, 1.165) is 19.4 Å². The molecule has 4 heteroatoms. The van der Waals surface area contributed by atoms with Crippen molar-refractivity contribution < 1.29 is 9.13 Å². The Hall–Kier alpha value is -1.16. The highest BCUT2D eigenvalue weighted by atomic mass is 19.1. The minimum atomic E-state index is -0.343. The van der Waals surface area contributed by atoms with Gasteiger partial charge in [-0.1, -0.05) is 20.8 Å². The predicted octanol–water partition coefficient (Wildman–Crippen LogP) is 3.15. The molecule has 18 heavy (non-hydrogen) atoms. The molecule has 0 aliphatic heterocycles. The Kier molecular flexibility index (Phi) is 6.65. The lowest BCUT2D eigenvalue weighted by Crippen LogP contribution is -2.15. The molecule has 0 saturated heterocycles. The largest absolute Gasteiger partial charge is 0.476 e. The molecular weight excluding hydrogens is 231 g/mol. The molecule has 0 radical (unpaired) electrons. The summed E-state index contributed by atoms with van der Waals surface area (Å²) in [5.41, 5.74) is 0.609. The lowest BCUT2D eigenvalue weighted by molar-refractivity contribution is 0.264. The molecule has 0 amide bonds. The molecule has 1 rings (SSSR count). The maximum absolute atomic E-state index is 14.0. The predicted molar refractivity (Wildman–Crippen MR) is 71.1 cm³/mol. The van der Waals surface area contributed by atoms with Crippen molar-refractivity contribution in [2.75, 3.05) is 13.2 Å². The molecule has 0 aliphatic carbocycles. The summed E-state index contributed by atoms with van der Waals surface area (Å²) in [5, 5.41) is 3.17. The van der Waals surface area contributed by atoms with Crippen molar-refractivity contribution in [3.05, 3.63) is 23.6 Å². The summed E-state index contributed by atoms with van der Waals surface area (Å²) >= 11 is 0. The summed E-state index contributed by atoms with van der Waals surface area (Å²) < 4.78 is 19.4. The van der Waals surface area contributed by atoms with E-state index in [1.807, 2.05) is 0 Å². The molecule has 0 aromatic carbocycles. The molecule has 3 nitrogen and oxygen atoms in total. The fourth-order valence-electron chi connectivity index (χ4n) is 1.49. The van der Waals surface area contributed by atoms with E-state index in [2.05, 4.69) is 31.1 Å². The Morgan fingerprint density at radius 2 is 2.22 bits per heavy atom. The summed E-state index contributed by atoms with van der Waals surface area (Å²) in [6.07, 6.45) is 3.53. The number of rotatable bonds is 8. The number of aromatic nitrogens is 1. The quantitative estimate of drug-likeness (QED) is 0.724. The van der Waals surface area contributed by atoms with Gasteiger partial charge in [0.2, 0.25) is 0 Å². The molecule has 1 aromatic heterocycles. The van der Waals surface area contributed by atoms with E-state index in [9.17, 15) is 4.39 Å². The molecule has 0 fully saturated rings. The molecule has 102 valence electrons. The smallest absolute Gasteiger partial charge is 0.250 e. The molecule has 0 spiro atoms. The zero-order valence-electron chi connectivity index (χ0n) is 11.5. The van der Waals surface area contributed by atoms with E-state index in [4.69, 9.17) is 4.74 Å². The normalized spacial score (nSPS) is 10.9. The molecule has 1 aromatic rings. The average Bonchev–Trinajstić information content (AvgIpc) is 2.33. The number of ether oxygens (including phenoxy) is 1. The standard InChI is InChI=1S/C14H23FN2O/c1-4-7-16-10-12-5-8-17-14(13(12)15)18-9-6-11(2)3/h5,8,11,16H,4,6-7,9-10H2,1-3H3. The van der Waals surface area contributed by atoms with Crippen LogP contribution in [-0.2, 0) is 6.54 Å². The van der Waals surface area contributed by atoms with E-state index in [1.54, 1.807) is 12.3 Å². The zero-order valence-corrected chi connectivity index (χ0v) is 11.5. The number of halogens is 1. The minimum absolute atomic E-state index is 0.117. The number of pyridine rings is 1. The van der Waals surface area contributed by atoms with Crippen LogP contribution in [0, 0.1) is 11.7 Å². The van der Waals surface area contributed by atoms with E-state index in [0.29, 0.717) is 24.6 Å². The van der Waals surface area contributed by atoms with Crippen LogP contribution in [0.5, 0.6) is 5.88 Å². The molecule has 0 aliphatic rings.